The molecular formula is C22H24N6O3. The number of nitrogens with one attached hydrogen (secondary N) is 2. The highest BCUT2D eigenvalue weighted by Crippen LogP contribution is 2.21. The number of amides is 1. The van der Waals surface area contributed by atoms with Crippen LogP contribution in [-0.2, 0) is 11.3 Å². The van der Waals surface area contributed by atoms with E-state index >= 15 is 0 Å². The molecule has 9 nitrogen and oxygen atoms in total. The van der Waals surface area contributed by atoms with Crippen molar-refractivity contribution in [3.63, 3.8) is 0 Å². The lowest BCUT2D eigenvalue weighted by molar-refractivity contribution is 0.0945. The molecule has 1 aromatic carbocycles. The van der Waals surface area contributed by atoms with E-state index in [0.29, 0.717) is 49.5 Å². The molecule has 1 aliphatic rings. The molecule has 0 aliphatic carbocycles. The molecule has 0 unspecified atom stereocenters. The number of benzene rings is 1. The summed E-state index contributed by atoms with van der Waals surface area (Å²) in [7, 11) is 1.63. The van der Waals surface area contributed by atoms with Crippen LogP contribution in [-0.4, -0.2) is 54.3 Å². The van der Waals surface area contributed by atoms with E-state index in [-0.39, 0.29) is 12.5 Å². The third-order valence-corrected chi connectivity index (χ3v) is 4.75. The zero-order chi connectivity index (χ0) is 21.5. The van der Waals surface area contributed by atoms with Crippen molar-refractivity contribution in [1.82, 2.24) is 20.3 Å². The van der Waals surface area contributed by atoms with Crippen LogP contribution in [0.1, 0.15) is 16.2 Å². The van der Waals surface area contributed by atoms with Gasteiger partial charge in [-0.2, -0.15) is 4.98 Å². The first-order chi connectivity index (χ1) is 15.2. The number of carbonyl (C=O) groups excluding carboxylic acids is 1. The Labute approximate surface area is 180 Å². The summed E-state index contributed by atoms with van der Waals surface area (Å²) in [5.41, 5.74) is 1.93. The Kier molecular flexibility index (Phi) is 6.53. The summed E-state index contributed by atoms with van der Waals surface area (Å²) in [5, 5.41) is 6.18. The van der Waals surface area contributed by atoms with E-state index in [2.05, 4.69) is 30.5 Å². The number of morpholine rings is 1. The number of pyridine rings is 1. The van der Waals surface area contributed by atoms with Crippen molar-refractivity contribution in [2.75, 3.05) is 43.6 Å². The number of carbonyl (C=O) groups is 1. The Morgan fingerprint density at radius 1 is 1.13 bits per heavy atom. The SMILES string of the molecule is COc1ccc(Nc2cc(CNC(=O)c3ccccn3)nc(N3CCOCC3)n2)cc1. The molecule has 2 aromatic heterocycles. The summed E-state index contributed by atoms with van der Waals surface area (Å²) in [6, 6.07) is 14.6. The lowest BCUT2D eigenvalue weighted by Crippen LogP contribution is -2.37. The molecule has 3 aromatic rings. The van der Waals surface area contributed by atoms with Crippen molar-refractivity contribution < 1.29 is 14.3 Å². The summed E-state index contributed by atoms with van der Waals surface area (Å²) in [6.07, 6.45) is 1.59. The van der Waals surface area contributed by atoms with Crippen LogP contribution in [0.5, 0.6) is 5.75 Å². The highest BCUT2D eigenvalue weighted by atomic mass is 16.5. The molecule has 9 heteroatoms. The number of methoxy groups -OCH3 is 1. The Hall–Kier alpha value is -3.72. The van der Waals surface area contributed by atoms with Gasteiger partial charge in [-0.1, -0.05) is 6.07 Å². The van der Waals surface area contributed by atoms with Crippen molar-refractivity contribution in [2.45, 2.75) is 6.54 Å². The van der Waals surface area contributed by atoms with Crippen LogP contribution in [0.15, 0.2) is 54.7 Å². The van der Waals surface area contributed by atoms with Crippen molar-refractivity contribution in [1.29, 1.82) is 0 Å². The number of rotatable bonds is 7. The number of anilines is 3. The zero-order valence-electron chi connectivity index (χ0n) is 17.2. The van der Waals surface area contributed by atoms with Crippen LogP contribution >= 0.6 is 0 Å². The van der Waals surface area contributed by atoms with Gasteiger partial charge in [-0.3, -0.25) is 9.78 Å². The van der Waals surface area contributed by atoms with Gasteiger partial charge in [0.25, 0.3) is 5.91 Å². The van der Waals surface area contributed by atoms with Gasteiger partial charge in [-0.25, -0.2) is 4.98 Å². The fraction of sp³-hybridized carbons (Fsp3) is 0.273. The first-order valence-corrected chi connectivity index (χ1v) is 10.0. The largest absolute Gasteiger partial charge is 0.497 e. The smallest absolute Gasteiger partial charge is 0.270 e. The van der Waals surface area contributed by atoms with Gasteiger partial charge < -0.3 is 25.0 Å². The average Bonchev–Trinajstić information content (AvgIpc) is 2.84. The van der Waals surface area contributed by atoms with Gasteiger partial charge in [0.2, 0.25) is 5.95 Å². The van der Waals surface area contributed by atoms with E-state index in [1.807, 2.05) is 30.3 Å². The van der Waals surface area contributed by atoms with Gasteiger partial charge in [-0.15, -0.1) is 0 Å². The van der Waals surface area contributed by atoms with Crippen LogP contribution in [0.2, 0.25) is 0 Å². The quantitative estimate of drug-likeness (QED) is 0.601. The van der Waals surface area contributed by atoms with Gasteiger partial charge >= 0.3 is 0 Å². The normalized spacial score (nSPS) is 13.5. The molecule has 1 aliphatic heterocycles. The maximum absolute atomic E-state index is 12.4. The third-order valence-electron chi connectivity index (χ3n) is 4.75. The fourth-order valence-corrected chi connectivity index (χ4v) is 3.12. The molecule has 4 rings (SSSR count). The second-order valence-corrected chi connectivity index (χ2v) is 6.90. The van der Waals surface area contributed by atoms with Crippen LogP contribution in [0.3, 0.4) is 0 Å². The minimum atomic E-state index is -0.253. The molecule has 0 spiro atoms. The van der Waals surface area contributed by atoms with E-state index in [4.69, 9.17) is 9.47 Å². The van der Waals surface area contributed by atoms with Gasteiger partial charge in [0.05, 0.1) is 32.6 Å². The van der Waals surface area contributed by atoms with Gasteiger partial charge in [0, 0.05) is 31.0 Å². The van der Waals surface area contributed by atoms with Crippen LogP contribution in [0, 0.1) is 0 Å². The minimum absolute atomic E-state index is 0.253. The average molecular weight is 420 g/mol. The summed E-state index contributed by atoms with van der Waals surface area (Å²) in [4.78, 5) is 27.9. The molecular weight excluding hydrogens is 396 g/mol. The lowest BCUT2D eigenvalue weighted by Gasteiger charge is -2.27. The number of nitrogens with zero attached hydrogens (tertiary/aromatic N) is 4. The topological polar surface area (TPSA) is 102 Å². The Bertz CT molecular complexity index is 1010. The summed E-state index contributed by atoms with van der Waals surface area (Å²) < 4.78 is 10.6. The molecule has 160 valence electrons. The molecule has 1 amide bonds. The van der Waals surface area contributed by atoms with Crippen molar-refractivity contribution in [2.24, 2.45) is 0 Å². The molecule has 0 saturated carbocycles. The standard InChI is InChI=1S/C22H24N6O3/c1-30-18-7-5-16(6-8-18)25-20-14-17(15-24-21(29)19-4-2-3-9-23-19)26-22(27-20)28-10-12-31-13-11-28/h2-9,14H,10-13,15H2,1H3,(H,24,29)(H,25,26,27). The molecule has 2 N–H and O–H groups in total. The molecule has 1 fully saturated rings. The molecule has 0 atom stereocenters. The zero-order valence-corrected chi connectivity index (χ0v) is 17.2. The highest BCUT2D eigenvalue weighted by Gasteiger charge is 2.16. The first kappa shape index (κ1) is 20.5. The Balaban J connectivity index is 1.54. The predicted octanol–water partition coefficient (Wildman–Crippen LogP) is 2.39. The number of aromatic nitrogens is 3. The van der Waals surface area contributed by atoms with E-state index in [1.165, 1.54) is 0 Å². The third kappa shape index (κ3) is 5.46. The van der Waals surface area contributed by atoms with Gasteiger partial charge in [-0.05, 0) is 36.4 Å². The highest BCUT2D eigenvalue weighted by molar-refractivity contribution is 5.92. The van der Waals surface area contributed by atoms with Gasteiger partial charge in [0.1, 0.15) is 17.3 Å². The van der Waals surface area contributed by atoms with Crippen molar-refractivity contribution in [3.05, 3.63) is 66.1 Å². The van der Waals surface area contributed by atoms with Crippen LogP contribution in [0.4, 0.5) is 17.5 Å². The maximum Gasteiger partial charge on any atom is 0.270 e. The van der Waals surface area contributed by atoms with E-state index in [1.54, 1.807) is 31.5 Å². The van der Waals surface area contributed by atoms with Gasteiger partial charge in [0.15, 0.2) is 0 Å². The van der Waals surface area contributed by atoms with E-state index in [9.17, 15) is 4.79 Å². The van der Waals surface area contributed by atoms with Crippen molar-refractivity contribution >= 4 is 23.4 Å². The Morgan fingerprint density at radius 2 is 1.94 bits per heavy atom. The molecule has 0 bridgehead atoms. The minimum Gasteiger partial charge on any atom is -0.497 e. The number of hydrogen-bond donors (Lipinski definition) is 2. The van der Waals surface area contributed by atoms with Crippen molar-refractivity contribution in [3.8, 4) is 5.75 Å². The summed E-state index contributed by atoms with van der Waals surface area (Å²) in [6.45, 7) is 2.94. The molecule has 0 radical (unpaired) electrons. The number of hydrogen-bond acceptors (Lipinski definition) is 8. The first-order valence-electron chi connectivity index (χ1n) is 10.0. The predicted molar refractivity (Wildman–Crippen MR) is 117 cm³/mol. The lowest BCUT2D eigenvalue weighted by atomic mass is 10.3. The van der Waals surface area contributed by atoms with E-state index in [0.717, 1.165) is 11.4 Å². The Morgan fingerprint density at radius 3 is 2.65 bits per heavy atom. The summed E-state index contributed by atoms with van der Waals surface area (Å²) in [5.74, 6) is 1.77. The van der Waals surface area contributed by atoms with Crippen LogP contribution < -0.4 is 20.3 Å². The van der Waals surface area contributed by atoms with E-state index < -0.39 is 0 Å². The molecule has 1 saturated heterocycles. The second kappa shape index (κ2) is 9.86. The maximum atomic E-state index is 12.4. The second-order valence-electron chi connectivity index (χ2n) is 6.90. The monoisotopic (exact) mass is 420 g/mol. The van der Waals surface area contributed by atoms with Crippen LogP contribution in [0.25, 0.3) is 0 Å². The number of ether oxygens (including phenoxy) is 2. The fourth-order valence-electron chi connectivity index (χ4n) is 3.12. The molecule has 31 heavy (non-hydrogen) atoms. The molecule has 3 heterocycles. The summed E-state index contributed by atoms with van der Waals surface area (Å²) >= 11 is 0.